The topological polar surface area (TPSA) is 44.8 Å². The van der Waals surface area contributed by atoms with Gasteiger partial charge in [0, 0.05) is 0 Å². The first kappa shape index (κ1) is 23.1. The summed E-state index contributed by atoms with van der Waals surface area (Å²) in [4.78, 5) is 12.2. The molecule has 0 spiro atoms. The van der Waals surface area contributed by atoms with E-state index >= 15 is 0 Å². The smallest absolute Gasteiger partial charge is 0.350 e. The third-order valence-corrected chi connectivity index (χ3v) is 5.22. The number of benzene rings is 3. The maximum atomic E-state index is 12.2. The zero-order chi connectivity index (χ0) is 22.8. The van der Waals surface area contributed by atoms with Crippen LogP contribution in [0.1, 0.15) is 32.8 Å². The lowest BCUT2D eigenvalue weighted by molar-refractivity contribution is -0.160. The third kappa shape index (κ3) is 6.24. The molecule has 0 amide bonds. The van der Waals surface area contributed by atoms with Crippen molar-refractivity contribution in [3.8, 4) is 22.6 Å². The van der Waals surface area contributed by atoms with E-state index in [1.807, 2.05) is 49.4 Å². The van der Waals surface area contributed by atoms with Gasteiger partial charge in [0.05, 0.1) is 6.61 Å². The molecule has 3 aromatic rings. The molecule has 0 saturated heterocycles. The Bertz CT molecular complexity index is 1010. The van der Waals surface area contributed by atoms with Gasteiger partial charge in [-0.1, -0.05) is 67.6 Å². The minimum Gasteiger partial charge on any atom is -0.490 e. The van der Waals surface area contributed by atoms with Gasteiger partial charge < -0.3 is 14.2 Å². The summed E-state index contributed by atoms with van der Waals surface area (Å²) in [6.07, 6.45) is 4.54. The van der Waals surface area contributed by atoms with Gasteiger partial charge in [-0.05, 0) is 67.3 Å². The molecule has 3 rings (SSSR count). The average Bonchev–Trinajstić information content (AvgIpc) is 2.84. The quantitative estimate of drug-likeness (QED) is 0.342. The van der Waals surface area contributed by atoms with Gasteiger partial charge >= 0.3 is 5.97 Å². The van der Waals surface area contributed by atoms with Crippen molar-refractivity contribution in [3.63, 3.8) is 0 Å². The van der Waals surface area contributed by atoms with E-state index in [0.29, 0.717) is 25.4 Å². The Kier molecular flexibility index (Phi) is 8.09. The largest absolute Gasteiger partial charge is 0.490 e. The summed E-state index contributed by atoms with van der Waals surface area (Å²) < 4.78 is 16.8. The number of esters is 1. The molecule has 0 aliphatic heterocycles. The van der Waals surface area contributed by atoms with Gasteiger partial charge in [0.1, 0.15) is 18.1 Å². The molecule has 0 saturated carbocycles. The van der Waals surface area contributed by atoms with E-state index in [9.17, 15) is 4.79 Å². The van der Waals surface area contributed by atoms with Crippen LogP contribution in [0.15, 0.2) is 84.9 Å². The predicted octanol–water partition coefficient (Wildman–Crippen LogP) is 6.56. The molecule has 0 radical (unpaired) electrons. The van der Waals surface area contributed by atoms with Gasteiger partial charge in [-0.15, -0.1) is 0 Å². The van der Waals surface area contributed by atoms with Crippen molar-refractivity contribution >= 4 is 12.0 Å². The fraction of sp³-hybridized carbons (Fsp3) is 0.250. The van der Waals surface area contributed by atoms with Crippen molar-refractivity contribution < 1.29 is 19.0 Å². The van der Waals surface area contributed by atoms with Gasteiger partial charge in [-0.3, -0.25) is 0 Å². The van der Waals surface area contributed by atoms with Crippen LogP contribution in [0.25, 0.3) is 17.2 Å². The van der Waals surface area contributed by atoms with Crippen LogP contribution < -0.4 is 9.47 Å². The van der Waals surface area contributed by atoms with Gasteiger partial charge in [0.25, 0.3) is 0 Å². The predicted molar refractivity (Wildman–Crippen MR) is 129 cm³/mol. The molecule has 0 bridgehead atoms. The van der Waals surface area contributed by atoms with Crippen molar-refractivity contribution in [1.82, 2.24) is 0 Å². The first-order valence-corrected chi connectivity index (χ1v) is 10.9. The highest BCUT2D eigenvalue weighted by Crippen LogP contribution is 2.25. The maximum absolute atomic E-state index is 12.2. The normalized spacial score (nSPS) is 12.8. The second-order valence-electron chi connectivity index (χ2n) is 7.58. The Labute approximate surface area is 190 Å². The molecule has 4 heteroatoms. The molecule has 0 fully saturated rings. The number of ether oxygens (including phenoxy) is 3. The highest BCUT2D eigenvalue weighted by atomic mass is 16.6. The zero-order valence-corrected chi connectivity index (χ0v) is 18.9. The van der Waals surface area contributed by atoms with Gasteiger partial charge in [0.15, 0.2) is 0 Å². The van der Waals surface area contributed by atoms with Crippen molar-refractivity contribution in [2.45, 2.75) is 32.8 Å². The lowest BCUT2D eigenvalue weighted by Crippen LogP contribution is -2.42. The van der Waals surface area contributed by atoms with Crippen LogP contribution in [0.2, 0.25) is 0 Å². The van der Waals surface area contributed by atoms with Crippen molar-refractivity contribution in [3.05, 3.63) is 90.5 Å². The fourth-order valence-electron chi connectivity index (χ4n) is 3.15. The number of carbonyl (C=O) groups is 1. The van der Waals surface area contributed by atoms with Crippen LogP contribution in [0.3, 0.4) is 0 Å². The Balaban J connectivity index is 1.51. The monoisotopic (exact) mass is 430 g/mol. The van der Waals surface area contributed by atoms with Crippen LogP contribution in [0.4, 0.5) is 0 Å². The Hall–Kier alpha value is -3.53. The van der Waals surface area contributed by atoms with Gasteiger partial charge in [0.2, 0.25) is 5.60 Å². The first-order valence-electron chi connectivity index (χ1n) is 10.9. The molecule has 4 nitrogen and oxygen atoms in total. The van der Waals surface area contributed by atoms with Crippen molar-refractivity contribution in [2.75, 3.05) is 13.2 Å². The number of rotatable bonds is 10. The second-order valence-corrected chi connectivity index (χ2v) is 7.58. The standard InChI is InChI=1S/C28H30O4/c1-4-28(3,27(29)30-5-2)32-26-19-17-25(18-20-26)31-21-9-10-22-13-15-24(16-14-22)23-11-7-6-8-12-23/h6-20H,4-5,21H2,1-3H3/b10-9+. The van der Waals surface area contributed by atoms with Crippen molar-refractivity contribution in [1.29, 1.82) is 0 Å². The molecule has 1 atom stereocenters. The molecule has 3 aromatic carbocycles. The third-order valence-electron chi connectivity index (χ3n) is 5.22. The Morgan fingerprint density at radius 3 is 2.09 bits per heavy atom. The van der Waals surface area contributed by atoms with E-state index in [-0.39, 0.29) is 5.97 Å². The van der Waals surface area contributed by atoms with Crippen LogP contribution >= 0.6 is 0 Å². The number of hydrogen-bond donors (Lipinski definition) is 0. The summed E-state index contributed by atoms with van der Waals surface area (Å²) in [5, 5.41) is 0. The Morgan fingerprint density at radius 2 is 1.47 bits per heavy atom. The van der Waals surface area contributed by atoms with E-state index in [2.05, 4.69) is 36.4 Å². The maximum Gasteiger partial charge on any atom is 0.350 e. The van der Waals surface area contributed by atoms with Crippen LogP contribution in [-0.4, -0.2) is 24.8 Å². The molecule has 0 aromatic heterocycles. The van der Waals surface area contributed by atoms with E-state index < -0.39 is 5.60 Å². The summed E-state index contributed by atoms with van der Waals surface area (Å²) in [6.45, 7) is 6.21. The summed E-state index contributed by atoms with van der Waals surface area (Å²) in [5.41, 5.74) is 2.52. The van der Waals surface area contributed by atoms with E-state index in [0.717, 1.165) is 11.3 Å². The molecule has 0 N–H and O–H groups in total. The van der Waals surface area contributed by atoms with Crippen LogP contribution in [0.5, 0.6) is 11.5 Å². The molecular weight excluding hydrogens is 400 g/mol. The minimum absolute atomic E-state index is 0.329. The highest BCUT2D eigenvalue weighted by Gasteiger charge is 2.35. The number of carbonyl (C=O) groups excluding carboxylic acids is 1. The molecular formula is C28H30O4. The summed E-state index contributed by atoms with van der Waals surface area (Å²) in [7, 11) is 0. The molecule has 0 aliphatic rings. The van der Waals surface area contributed by atoms with E-state index in [4.69, 9.17) is 14.2 Å². The van der Waals surface area contributed by atoms with E-state index in [1.54, 1.807) is 26.0 Å². The Morgan fingerprint density at radius 1 is 0.844 bits per heavy atom. The second kappa shape index (κ2) is 11.2. The SMILES string of the molecule is CCOC(=O)C(C)(CC)Oc1ccc(OC/C=C/c2ccc(-c3ccccc3)cc2)cc1. The lowest BCUT2D eigenvalue weighted by Gasteiger charge is -2.27. The van der Waals surface area contributed by atoms with Crippen LogP contribution in [0, 0.1) is 0 Å². The van der Waals surface area contributed by atoms with Gasteiger partial charge in [-0.25, -0.2) is 4.79 Å². The lowest BCUT2D eigenvalue weighted by atomic mass is 10.0. The molecule has 166 valence electrons. The van der Waals surface area contributed by atoms with E-state index in [1.165, 1.54) is 11.1 Å². The van der Waals surface area contributed by atoms with Gasteiger partial charge in [-0.2, -0.15) is 0 Å². The molecule has 0 aliphatic carbocycles. The fourth-order valence-corrected chi connectivity index (χ4v) is 3.15. The number of hydrogen-bond acceptors (Lipinski definition) is 4. The molecule has 1 unspecified atom stereocenters. The average molecular weight is 431 g/mol. The first-order chi connectivity index (χ1) is 15.5. The minimum atomic E-state index is -1.00. The summed E-state index contributed by atoms with van der Waals surface area (Å²) >= 11 is 0. The highest BCUT2D eigenvalue weighted by molar-refractivity contribution is 5.79. The van der Waals surface area contributed by atoms with Crippen molar-refractivity contribution in [2.24, 2.45) is 0 Å². The zero-order valence-electron chi connectivity index (χ0n) is 18.9. The summed E-state index contributed by atoms with van der Waals surface area (Å²) in [6, 6.07) is 26.0. The summed E-state index contributed by atoms with van der Waals surface area (Å²) in [5.74, 6) is 0.976. The molecule has 32 heavy (non-hydrogen) atoms. The molecule has 0 heterocycles. The van der Waals surface area contributed by atoms with Crippen LogP contribution in [-0.2, 0) is 9.53 Å².